The predicted molar refractivity (Wildman–Crippen MR) is 110 cm³/mol. The minimum absolute atomic E-state index is 0.00289. The van der Waals surface area contributed by atoms with Gasteiger partial charge in [-0.05, 0) is 30.5 Å². The van der Waals surface area contributed by atoms with Crippen LogP contribution in [0.3, 0.4) is 0 Å². The molecule has 0 amide bonds. The molecule has 0 aliphatic rings. The summed E-state index contributed by atoms with van der Waals surface area (Å²) < 4.78 is 6.88. The minimum Gasteiger partial charge on any atom is -0.385 e. The lowest BCUT2D eigenvalue weighted by molar-refractivity contribution is 0.189. The smallest absolute Gasteiger partial charge is 0.262 e. The number of aryl methyl sites for hydroxylation is 1. The molecule has 1 aromatic carbocycles. The van der Waals surface area contributed by atoms with Gasteiger partial charge >= 0.3 is 0 Å². The zero-order valence-electron chi connectivity index (χ0n) is 15.4. The van der Waals surface area contributed by atoms with E-state index in [-0.39, 0.29) is 5.56 Å². The van der Waals surface area contributed by atoms with E-state index < -0.39 is 0 Å². The third-order valence-electron chi connectivity index (χ3n) is 4.24. The molecule has 0 N–H and O–H groups in total. The fraction of sp³-hybridized carbons (Fsp3) is 0.350. The van der Waals surface area contributed by atoms with Crippen LogP contribution < -0.4 is 5.56 Å². The van der Waals surface area contributed by atoms with Gasteiger partial charge in [-0.1, -0.05) is 36.9 Å². The minimum atomic E-state index is 0.00289. The van der Waals surface area contributed by atoms with E-state index in [1.807, 2.05) is 30.3 Å². The third-order valence-corrected chi connectivity index (χ3v) is 6.44. The van der Waals surface area contributed by atoms with Crippen LogP contribution in [0.4, 0.5) is 0 Å². The van der Waals surface area contributed by atoms with Gasteiger partial charge in [-0.2, -0.15) is 5.26 Å². The van der Waals surface area contributed by atoms with E-state index in [4.69, 9.17) is 9.72 Å². The van der Waals surface area contributed by atoms with E-state index in [1.165, 1.54) is 11.8 Å². The Hall–Kier alpha value is -2.14. The maximum atomic E-state index is 13.0. The summed E-state index contributed by atoms with van der Waals surface area (Å²) in [6, 6.07) is 11.7. The molecule has 2 heterocycles. The molecular weight excluding hydrogens is 378 g/mol. The molecule has 0 bridgehead atoms. The van der Waals surface area contributed by atoms with Crippen molar-refractivity contribution in [3.63, 3.8) is 0 Å². The zero-order chi connectivity index (χ0) is 19.2. The van der Waals surface area contributed by atoms with Crippen LogP contribution in [0.2, 0.25) is 0 Å². The van der Waals surface area contributed by atoms with Gasteiger partial charge in [0.1, 0.15) is 4.83 Å². The highest BCUT2D eigenvalue weighted by molar-refractivity contribution is 7.98. The monoisotopic (exact) mass is 399 g/mol. The Labute approximate surface area is 166 Å². The lowest BCUT2D eigenvalue weighted by atomic mass is 10.1. The van der Waals surface area contributed by atoms with Gasteiger partial charge < -0.3 is 4.74 Å². The summed E-state index contributed by atoms with van der Waals surface area (Å²) in [6.07, 6.45) is 1.64. The van der Waals surface area contributed by atoms with Crippen molar-refractivity contribution in [1.29, 1.82) is 5.26 Å². The Kier molecular flexibility index (Phi) is 6.67. The summed E-state index contributed by atoms with van der Waals surface area (Å²) in [7, 11) is 1.66. The number of nitrogens with zero attached hydrogens (tertiary/aromatic N) is 3. The van der Waals surface area contributed by atoms with E-state index in [0.29, 0.717) is 35.0 Å². The van der Waals surface area contributed by atoms with Crippen LogP contribution in [-0.2, 0) is 23.5 Å². The van der Waals surface area contributed by atoms with Crippen LogP contribution in [-0.4, -0.2) is 23.3 Å². The normalized spacial score (nSPS) is 11.0. The number of rotatable bonds is 8. The second-order valence-electron chi connectivity index (χ2n) is 6.04. The van der Waals surface area contributed by atoms with Crippen LogP contribution in [0, 0.1) is 11.3 Å². The molecule has 0 aliphatic heterocycles. The van der Waals surface area contributed by atoms with Gasteiger partial charge in [0.25, 0.3) is 5.56 Å². The van der Waals surface area contributed by atoms with Crippen molar-refractivity contribution in [2.24, 2.45) is 0 Å². The topological polar surface area (TPSA) is 67.9 Å². The van der Waals surface area contributed by atoms with Crippen molar-refractivity contribution in [1.82, 2.24) is 9.55 Å². The molecule has 0 atom stereocenters. The van der Waals surface area contributed by atoms with Gasteiger partial charge in [0.15, 0.2) is 5.16 Å². The summed E-state index contributed by atoms with van der Waals surface area (Å²) in [5.74, 6) is 0.595. The van der Waals surface area contributed by atoms with Gasteiger partial charge in [-0.15, -0.1) is 11.3 Å². The molecule has 0 aliphatic carbocycles. The van der Waals surface area contributed by atoms with E-state index in [2.05, 4.69) is 13.0 Å². The molecule has 7 heteroatoms. The van der Waals surface area contributed by atoms with Crippen molar-refractivity contribution in [2.75, 3.05) is 13.7 Å². The van der Waals surface area contributed by atoms with Gasteiger partial charge in [0.05, 0.1) is 17.0 Å². The van der Waals surface area contributed by atoms with E-state index in [1.54, 1.807) is 23.0 Å². The van der Waals surface area contributed by atoms with E-state index >= 15 is 0 Å². The molecule has 0 unspecified atom stereocenters. The Bertz CT molecular complexity index is 1030. The van der Waals surface area contributed by atoms with E-state index in [0.717, 1.165) is 28.1 Å². The first-order chi connectivity index (χ1) is 13.2. The highest BCUT2D eigenvalue weighted by Crippen LogP contribution is 2.27. The number of hydrogen-bond acceptors (Lipinski definition) is 6. The molecule has 0 fully saturated rings. The van der Waals surface area contributed by atoms with Crippen molar-refractivity contribution in [3.8, 4) is 6.07 Å². The molecule has 0 saturated heterocycles. The molecule has 140 valence electrons. The molecule has 0 spiro atoms. The molecular formula is C20H21N3O2S2. The first-order valence-electron chi connectivity index (χ1n) is 8.81. The van der Waals surface area contributed by atoms with Crippen molar-refractivity contribution in [3.05, 3.63) is 56.7 Å². The molecule has 2 aromatic heterocycles. The number of thiophene rings is 1. The number of aromatic nitrogens is 2. The summed E-state index contributed by atoms with van der Waals surface area (Å²) in [5.41, 5.74) is 1.61. The number of benzene rings is 1. The number of thioether (sulfide) groups is 1. The van der Waals surface area contributed by atoms with Crippen molar-refractivity contribution in [2.45, 2.75) is 37.2 Å². The maximum absolute atomic E-state index is 13.0. The summed E-state index contributed by atoms with van der Waals surface area (Å²) >= 11 is 3.08. The first-order valence-corrected chi connectivity index (χ1v) is 10.6. The quantitative estimate of drug-likeness (QED) is 0.322. The first kappa shape index (κ1) is 19.6. The van der Waals surface area contributed by atoms with Gasteiger partial charge in [0.2, 0.25) is 0 Å². The molecule has 5 nitrogen and oxygen atoms in total. The molecule has 0 radical (unpaired) electrons. The Balaban J connectivity index is 1.97. The van der Waals surface area contributed by atoms with Crippen LogP contribution in [0.1, 0.15) is 29.3 Å². The zero-order valence-corrected chi connectivity index (χ0v) is 17.0. The lowest BCUT2D eigenvalue weighted by Gasteiger charge is -2.12. The summed E-state index contributed by atoms with van der Waals surface area (Å²) in [5, 5.41) is 10.7. The van der Waals surface area contributed by atoms with Crippen LogP contribution in [0.15, 0.2) is 40.3 Å². The van der Waals surface area contributed by atoms with Gasteiger partial charge in [-0.25, -0.2) is 4.98 Å². The largest absolute Gasteiger partial charge is 0.385 e. The van der Waals surface area contributed by atoms with Crippen LogP contribution in [0.5, 0.6) is 0 Å². The third kappa shape index (κ3) is 4.41. The average Bonchev–Trinajstić information content (AvgIpc) is 3.12. The van der Waals surface area contributed by atoms with Crippen molar-refractivity contribution >= 4 is 33.3 Å². The van der Waals surface area contributed by atoms with Crippen LogP contribution in [0.25, 0.3) is 10.2 Å². The number of nitriles is 1. The molecule has 3 rings (SSSR count). The SMILES string of the molecule is CCc1cc2c(=O)n(CCCOC)c(SCc3ccccc3C#N)nc2s1. The van der Waals surface area contributed by atoms with Gasteiger partial charge in [0, 0.05) is 30.9 Å². The number of hydrogen-bond donors (Lipinski definition) is 0. The maximum Gasteiger partial charge on any atom is 0.262 e. The Morgan fingerprint density at radius 3 is 2.93 bits per heavy atom. The number of fused-ring (bicyclic) bond motifs is 1. The highest BCUT2D eigenvalue weighted by atomic mass is 32.2. The molecule has 27 heavy (non-hydrogen) atoms. The molecule has 0 saturated carbocycles. The Morgan fingerprint density at radius 2 is 2.19 bits per heavy atom. The predicted octanol–water partition coefficient (Wildman–Crippen LogP) is 4.22. The molecule has 3 aromatic rings. The van der Waals surface area contributed by atoms with Crippen LogP contribution >= 0.6 is 23.1 Å². The number of ether oxygens (including phenoxy) is 1. The summed E-state index contributed by atoms with van der Waals surface area (Å²) in [6.45, 7) is 3.24. The fourth-order valence-electron chi connectivity index (χ4n) is 2.79. The summed E-state index contributed by atoms with van der Waals surface area (Å²) in [4.78, 5) is 19.8. The van der Waals surface area contributed by atoms with Crippen molar-refractivity contribution < 1.29 is 4.74 Å². The van der Waals surface area contributed by atoms with E-state index in [9.17, 15) is 10.1 Å². The average molecular weight is 400 g/mol. The second-order valence-corrected chi connectivity index (χ2v) is 8.10. The standard InChI is InChI=1S/C20H21N3O2S2/c1-3-16-11-17-18(27-16)22-20(23(19(17)24)9-6-10-25-2)26-13-15-8-5-4-7-14(15)12-21/h4-5,7-8,11H,3,6,9-10,13H2,1-2H3. The second kappa shape index (κ2) is 9.18. The van der Waals surface area contributed by atoms with Gasteiger partial charge in [-0.3, -0.25) is 9.36 Å². The lowest BCUT2D eigenvalue weighted by Crippen LogP contribution is -2.23. The highest BCUT2D eigenvalue weighted by Gasteiger charge is 2.15. The fourth-order valence-corrected chi connectivity index (χ4v) is 4.83. The number of methoxy groups -OCH3 is 1. The Morgan fingerprint density at radius 1 is 1.37 bits per heavy atom.